The lowest BCUT2D eigenvalue weighted by Gasteiger charge is -2.19. The maximum absolute atomic E-state index is 12.8. The van der Waals surface area contributed by atoms with Crippen LogP contribution in [-0.2, 0) is 38.5 Å². The van der Waals surface area contributed by atoms with E-state index in [4.69, 9.17) is 0 Å². The third kappa shape index (κ3) is 46.1. The van der Waals surface area contributed by atoms with Crippen LogP contribution in [0.4, 0.5) is 17.6 Å². The highest BCUT2D eigenvalue weighted by Gasteiger charge is 2.16. The van der Waals surface area contributed by atoms with Crippen molar-refractivity contribution in [1.82, 2.24) is 0 Å². The van der Waals surface area contributed by atoms with Crippen LogP contribution >= 0.6 is 22.7 Å². The van der Waals surface area contributed by atoms with Crippen molar-refractivity contribution in [3.05, 3.63) is 187 Å². The Bertz CT molecular complexity index is 2290. The maximum atomic E-state index is 12.8. The number of thiophene rings is 2. The summed E-state index contributed by atoms with van der Waals surface area (Å²) in [6.07, 6.45) is 7.47. The molecule has 0 N–H and O–H groups in total. The molecule has 76 heavy (non-hydrogen) atoms. The molecule has 0 spiro atoms. The molecular weight excluding hydrogens is 981 g/mol. The van der Waals surface area contributed by atoms with E-state index >= 15 is 0 Å². The molecule has 6 aromatic rings. The molecule has 2 heterocycles. The summed E-state index contributed by atoms with van der Waals surface area (Å²) in [6.45, 7) is 50.9. The summed E-state index contributed by atoms with van der Waals surface area (Å²) in [5.74, 6) is -0.460. The molecule has 0 saturated heterocycles. The minimum absolute atomic E-state index is 0.0558. The molecule has 6 rings (SSSR count). The third-order valence-electron chi connectivity index (χ3n) is 10.1. The highest BCUT2D eigenvalue weighted by atomic mass is 32.1. The zero-order chi connectivity index (χ0) is 58.8. The summed E-state index contributed by atoms with van der Waals surface area (Å²) < 4.78 is 50.8. The molecule has 0 aliphatic carbocycles. The molecule has 4 aromatic carbocycles. The monoisotopic (exact) mass is 1090 g/mol. The number of halogens is 4. The first-order valence-electron chi connectivity index (χ1n) is 27.5. The Morgan fingerprint density at radius 2 is 0.737 bits per heavy atom. The average Bonchev–Trinajstić information content (AvgIpc) is 3.90. The lowest BCUT2D eigenvalue weighted by molar-refractivity contribution is 0.320. The van der Waals surface area contributed by atoms with E-state index in [0.29, 0.717) is 33.6 Å². The van der Waals surface area contributed by atoms with Crippen LogP contribution in [0.5, 0.6) is 0 Å². The fraction of sp³-hybridized carbons (Fsp3) is 0.543. The van der Waals surface area contributed by atoms with Crippen molar-refractivity contribution in [1.29, 1.82) is 0 Å². The SMILES string of the molecule is CC(C)(C)Cc1cc(F)cc(F)c1.CC(C)(C)Cc1ccc(F)cc1.CC(C)(C)Cc1cccc(F)c1.CC(C)(C)Cc1ccccc1.CC(C)(C)Cc1cccs1.CC(C)(C)Cc1ccsc1.CC(C)CC(C)(C)C. The second kappa shape index (κ2) is 33.4. The lowest BCUT2D eigenvalue weighted by Crippen LogP contribution is -2.09. The van der Waals surface area contributed by atoms with Gasteiger partial charge in [-0.3, -0.25) is 0 Å². The molecule has 0 saturated carbocycles. The molecule has 2 aromatic heterocycles. The Balaban J connectivity index is 0.000000867. The molecule has 0 unspecified atom stereocenters. The number of hydrogen-bond acceptors (Lipinski definition) is 2. The summed E-state index contributed by atoms with van der Waals surface area (Å²) in [5, 5.41) is 6.51. The van der Waals surface area contributed by atoms with Crippen LogP contribution in [-0.4, -0.2) is 0 Å². The molecule has 426 valence electrons. The first-order valence-corrected chi connectivity index (χ1v) is 29.3. The molecule has 0 bridgehead atoms. The van der Waals surface area contributed by atoms with E-state index in [1.165, 1.54) is 71.2 Å². The van der Waals surface area contributed by atoms with Gasteiger partial charge in [-0.25, -0.2) is 17.6 Å². The van der Waals surface area contributed by atoms with Gasteiger partial charge in [-0.2, -0.15) is 11.3 Å². The van der Waals surface area contributed by atoms with Gasteiger partial charge in [0.15, 0.2) is 0 Å². The van der Waals surface area contributed by atoms with Gasteiger partial charge in [-0.15, -0.1) is 11.3 Å². The zero-order valence-corrected chi connectivity index (χ0v) is 53.7. The number of rotatable bonds is 7. The quantitative estimate of drug-likeness (QED) is 0.140. The van der Waals surface area contributed by atoms with Crippen molar-refractivity contribution in [2.75, 3.05) is 0 Å². The van der Waals surface area contributed by atoms with Crippen LogP contribution in [0.2, 0.25) is 0 Å². The third-order valence-corrected chi connectivity index (χ3v) is 11.7. The second-order valence-corrected chi connectivity index (χ2v) is 31.1. The molecule has 6 heteroatoms. The van der Waals surface area contributed by atoms with Gasteiger partial charge in [-0.05, 0) is 181 Å². The average molecular weight is 1090 g/mol. The zero-order valence-electron chi connectivity index (χ0n) is 52.1. The van der Waals surface area contributed by atoms with Crippen LogP contribution in [0.1, 0.15) is 198 Å². The van der Waals surface area contributed by atoms with Gasteiger partial charge in [0.25, 0.3) is 0 Å². The first-order chi connectivity index (χ1) is 34.5. The van der Waals surface area contributed by atoms with Gasteiger partial charge < -0.3 is 0 Å². The number of benzene rings is 4. The van der Waals surface area contributed by atoms with E-state index < -0.39 is 11.6 Å². The van der Waals surface area contributed by atoms with Gasteiger partial charge in [0.2, 0.25) is 0 Å². The Hall–Kier alpha value is -4.00. The molecule has 0 fully saturated rings. The Labute approximate surface area is 473 Å². The highest BCUT2D eigenvalue weighted by Crippen LogP contribution is 2.27. The Morgan fingerprint density at radius 3 is 1.11 bits per heavy atom. The molecule has 0 radical (unpaired) electrons. The van der Waals surface area contributed by atoms with Crippen LogP contribution < -0.4 is 0 Å². The van der Waals surface area contributed by atoms with E-state index in [0.717, 1.165) is 36.8 Å². The predicted molar refractivity (Wildman–Crippen MR) is 332 cm³/mol. The van der Waals surface area contributed by atoms with E-state index in [1.54, 1.807) is 23.5 Å². The van der Waals surface area contributed by atoms with E-state index in [9.17, 15) is 17.6 Å². The van der Waals surface area contributed by atoms with Gasteiger partial charge >= 0.3 is 0 Å². The van der Waals surface area contributed by atoms with Crippen LogP contribution in [0, 0.1) is 67.1 Å². The first kappa shape index (κ1) is 72.0. The normalized spacial score (nSPS) is 11.8. The van der Waals surface area contributed by atoms with Crippen molar-refractivity contribution < 1.29 is 17.6 Å². The van der Waals surface area contributed by atoms with Crippen molar-refractivity contribution in [3.8, 4) is 0 Å². The Kier molecular flexibility index (Phi) is 31.7. The lowest BCUT2D eigenvalue weighted by atomic mass is 9.86. The summed E-state index contributed by atoms with van der Waals surface area (Å²) in [6, 6.07) is 34.3. The minimum Gasteiger partial charge on any atom is -0.207 e. The maximum Gasteiger partial charge on any atom is 0.126 e. The number of hydrogen-bond donors (Lipinski definition) is 0. The fourth-order valence-corrected chi connectivity index (χ4v) is 9.85. The van der Waals surface area contributed by atoms with Crippen molar-refractivity contribution >= 4 is 22.7 Å². The van der Waals surface area contributed by atoms with Gasteiger partial charge in [0.1, 0.15) is 23.3 Å². The van der Waals surface area contributed by atoms with E-state index in [-0.39, 0.29) is 27.9 Å². The molecule has 0 nitrogen and oxygen atoms in total. The predicted octanol–water partition coefficient (Wildman–Crippen LogP) is 23.4. The van der Waals surface area contributed by atoms with Gasteiger partial charge in [0.05, 0.1) is 0 Å². The van der Waals surface area contributed by atoms with Crippen molar-refractivity contribution in [2.45, 2.75) is 204 Å². The fourth-order valence-electron chi connectivity index (χ4n) is 8.17. The van der Waals surface area contributed by atoms with Crippen LogP contribution in [0.15, 0.2) is 131 Å². The summed E-state index contributed by atoms with van der Waals surface area (Å²) >= 11 is 3.63. The van der Waals surface area contributed by atoms with Gasteiger partial charge in [0, 0.05) is 10.9 Å². The molecule has 0 amide bonds. The van der Waals surface area contributed by atoms with Crippen molar-refractivity contribution in [3.63, 3.8) is 0 Å². The topological polar surface area (TPSA) is 0 Å². The van der Waals surface area contributed by atoms with E-state index in [1.807, 2.05) is 50.3 Å². The standard InChI is InChI=1S/C11H14F2.2C11H15F.C11H16.2C9H14S.C8H18/c1-11(2,3)7-8-4-9(12)6-10(13)5-8;1-11(2,3)8-9-4-6-10(12)7-5-9;1-11(2,3)8-9-5-4-6-10(12)7-9;1-11(2,3)9-10-7-5-4-6-8-10;1-9(2,3)6-8-4-5-10-7-8;1-9(2,3)7-8-5-4-6-10-8;1-7(2)6-8(3,4)5/h4-6H,7H2,1-3H3;2*4-7H,8H2,1-3H3;4-8H,9H2,1-3H3;4-5,7H,6H2,1-3H3;4-6H,7H2,1-3H3;7H,6H2,1-5H3. The molecule has 0 aliphatic heterocycles. The van der Waals surface area contributed by atoms with Crippen LogP contribution in [0.3, 0.4) is 0 Å². The molecule has 0 aliphatic rings. The highest BCUT2D eigenvalue weighted by molar-refractivity contribution is 7.09. The smallest absolute Gasteiger partial charge is 0.126 e. The Morgan fingerprint density at radius 1 is 0.329 bits per heavy atom. The summed E-state index contributed by atoms with van der Waals surface area (Å²) in [7, 11) is 0. The largest absolute Gasteiger partial charge is 0.207 e. The summed E-state index contributed by atoms with van der Waals surface area (Å²) in [4.78, 5) is 1.49. The van der Waals surface area contributed by atoms with Crippen molar-refractivity contribution in [2.24, 2.45) is 43.8 Å². The molecule has 0 atom stereocenters. The minimum atomic E-state index is -0.501. The molecular formula is C70H106F4S2. The van der Waals surface area contributed by atoms with Gasteiger partial charge in [-0.1, -0.05) is 220 Å². The van der Waals surface area contributed by atoms with Crippen LogP contribution in [0.25, 0.3) is 0 Å². The van der Waals surface area contributed by atoms with E-state index in [2.05, 4.69) is 203 Å². The second-order valence-electron chi connectivity index (χ2n) is 29.3. The summed E-state index contributed by atoms with van der Waals surface area (Å²) in [5.41, 5.74) is 8.24.